The van der Waals surface area contributed by atoms with Crippen LogP contribution in [0.4, 0.5) is 56.9 Å². The number of benzene rings is 7. The van der Waals surface area contributed by atoms with Gasteiger partial charge in [-0.05, 0) is 78.9 Å². The largest absolute Gasteiger partial charge is 0.505 e. The highest BCUT2D eigenvalue weighted by molar-refractivity contribution is 7.87. The Labute approximate surface area is 471 Å². The fraction of sp³-hybridized carbons (Fsp3) is 0. The molecular formula is C38H26N10O28S8. The third-order valence-corrected chi connectivity index (χ3v) is 14.1. The zero-order valence-electron chi connectivity index (χ0n) is 39.9. The van der Waals surface area contributed by atoms with Crippen molar-refractivity contribution in [2.24, 2.45) is 40.9 Å². The first-order chi connectivity index (χ1) is 38.6. The number of nitrogens with zero attached hydrogens (tertiary/aromatic N) is 9. The van der Waals surface area contributed by atoms with E-state index in [-0.39, 0.29) is 17.1 Å². The van der Waals surface area contributed by atoms with E-state index in [9.17, 15) is 85.2 Å². The number of nitro benzene ring substituents is 1. The quantitative estimate of drug-likeness (QED) is 0.0210. The summed E-state index contributed by atoms with van der Waals surface area (Å²) in [6.07, 6.45) is 0. The molecule has 0 radical (unpaired) electrons. The molecule has 0 saturated heterocycles. The molecule has 0 saturated carbocycles. The molecule has 0 amide bonds. The Bertz CT molecular complexity index is 4870. The van der Waals surface area contributed by atoms with Gasteiger partial charge in [-0.15, -0.1) is 63.5 Å². The van der Waals surface area contributed by atoms with E-state index in [0.29, 0.717) is 18.2 Å². The lowest BCUT2D eigenvalue weighted by atomic mass is 10.1. The van der Waals surface area contributed by atoms with E-state index in [4.69, 9.17) is 43.6 Å². The molecule has 0 unspecified atom stereocenters. The topological polar surface area (TPSA) is 634 Å². The molecule has 46 heteroatoms. The Balaban J connectivity index is 0.00000115. The molecule has 444 valence electrons. The molecule has 38 nitrogen and oxygen atoms in total. The van der Waals surface area contributed by atoms with Crippen LogP contribution in [0.2, 0.25) is 0 Å². The third-order valence-electron chi connectivity index (χ3n) is 9.69. The van der Waals surface area contributed by atoms with Crippen LogP contribution in [0, 0.1) is 10.1 Å². The van der Waals surface area contributed by atoms with Gasteiger partial charge in [0.05, 0.1) is 38.0 Å². The first kappa shape index (κ1) is 67.2. The Kier molecular flexibility index (Phi) is 21.4. The molecule has 7 aromatic rings. The second kappa shape index (κ2) is 26.7. The van der Waals surface area contributed by atoms with Crippen molar-refractivity contribution in [2.75, 3.05) is 5.73 Å². The molecule has 84 heavy (non-hydrogen) atoms. The van der Waals surface area contributed by atoms with Crippen molar-refractivity contribution in [3.8, 4) is 11.5 Å². The molecule has 7 rings (SSSR count). The first-order valence-electron chi connectivity index (χ1n) is 20.4. The smallest absolute Gasteiger partial charge is 0.425 e. The van der Waals surface area contributed by atoms with E-state index in [1.54, 1.807) is 0 Å². The first-order valence-corrected chi connectivity index (χ1v) is 30.6. The minimum absolute atomic E-state index is 0.0203. The van der Waals surface area contributed by atoms with Crippen molar-refractivity contribution in [1.82, 2.24) is 0 Å². The van der Waals surface area contributed by atoms with Crippen LogP contribution in [0.25, 0.3) is 21.5 Å². The highest BCUT2D eigenvalue weighted by Crippen LogP contribution is 2.48. The van der Waals surface area contributed by atoms with Crippen LogP contribution in [0.15, 0.2) is 169 Å². The number of non-ortho nitro benzene ring substituents is 1. The van der Waals surface area contributed by atoms with Crippen LogP contribution in [-0.2, 0) is 82.4 Å². The predicted octanol–water partition coefficient (Wildman–Crippen LogP) is 5.78. The summed E-state index contributed by atoms with van der Waals surface area (Å²) in [4.78, 5) is 5.20. The highest BCUT2D eigenvalue weighted by Gasteiger charge is 2.29. The zero-order valence-corrected chi connectivity index (χ0v) is 46.4. The third kappa shape index (κ3) is 18.1. The Morgan fingerprint density at radius 3 is 1.37 bits per heavy atom. The number of hydrogen-bond donors (Lipinski definition) is 8. The van der Waals surface area contributed by atoms with E-state index in [0.717, 1.165) is 48.5 Å². The van der Waals surface area contributed by atoms with Gasteiger partial charge in [0.1, 0.15) is 48.0 Å². The van der Waals surface area contributed by atoms with Crippen LogP contribution in [-0.4, -0.2) is 118 Å². The van der Waals surface area contributed by atoms with Gasteiger partial charge in [-0.1, -0.05) is 12.1 Å². The Morgan fingerprint density at radius 1 is 0.417 bits per heavy atom. The number of nitrogens with two attached hydrogens (primary N) is 1. The number of fused-ring (bicyclic) bond motifs is 2. The molecular weight excluding hydrogens is 1300 g/mol. The van der Waals surface area contributed by atoms with Crippen molar-refractivity contribution >= 4 is 161 Å². The van der Waals surface area contributed by atoms with Gasteiger partial charge in [-0.2, -0.15) is 57.4 Å². The number of azo groups is 4. The lowest BCUT2D eigenvalue weighted by Gasteiger charge is -2.13. The van der Waals surface area contributed by atoms with Crippen molar-refractivity contribution in [3.63, 3.8) is 0 Å². The van der Waals surface area contributed by atoms with Crippen LogP contribution >= 0.6 is 0 Å². The number of rotatable bonds is 14. The average molecular weight is 1330 g/mol. The molecule has 0 bridgehead atoms. The van der Waals surface area contributed by atoms with E-state index in [1.807, 2.05) is 0 Å². The van der Waals surface area contributed by atoms with Crippen molar-refractivity contribution in [1.29, 1.82) is 0 Å². The molecule has 9 N–H and O–H groups in total. The minimum atomic E-state index is -5.55. The molecule has 0 atom stereocenters. The number of hydrogen-bond acceptors (Lipinski definition) is 32. The molecule has 0 aliphatic rings. The molecule has 0 spiro atoms. The summed E-state index contributed by atoms with van der Waals surface area (Å²) in [7, 11) is -35.3. The molecule has 7 aromatic carbocycles. The van der Waals surface area contributed by atoms with Gasteiger partial charge >= 0.3 is 31.8 Å². The predicted molar refractivity (Wildman–Crippen MR) is 276 cm³/mol. The van der Waals surface area contributed by atoms with E-state index < -0.39 is 185 Å². The fourth-order valence-corrected chi connectivity index (χ4v) is 9.84. The number of nitrogen functional groups attached to an aromatic ring is 1. The number of nitro groups is 1. The maximum atomic E-state index is 13.0. The molecule has 0 aromatic heterocycles. The summed E-state index contributed by atoms with van der Waals surface area (Å²) < 4.78 is 249. The molecule has 0 fully saturated rings. The summed E-state index contributed by atoms with van der Waals surface area (Å²) in [5, 5.41) is 61.4. The maximum absolute atomic E-state index is 13.0. The van der Waals surface area contributed by atoms with Crippen molar-refractivity contribution < 1.29 is 118 Å². The maximum Gasteiger partial charge on any atom is 0.425 e. The Hall–Kier alpha value is -9.33. The van der Waals surface area contributed by atoms with Crippen LogP contribution in [0.5, 0.6) is 11.5 Å². The van der Waals surface area contributed by atoms with Crippen LogP contribution < -0.4 is 5.73 Å². The fourth-order valence-electron chi connectivity index (χ4n) is 6.50. The second-order valence-electron chi connectivity index (χ2n) is 15.0. The van der Waals surface area contributed by atoms with E-state index in [2.05, 4.69) is 40.9 Å². The van der Waals surface area contributed by atoms with Gasteiger partial charge in [0.25, 0.3) is 56.3 Å². The summed E-state index contributed by atoms with van der Waals surface area (Å²) in [5.41, 5.74) is 1.25. The number of phenols is 2. The van der Waals surface area contributed by atoms with Gasteiger partial charge in [-0.3, -0.25) is 32.9 Å². The minimum Gasteiger partial charge on any atom is -0.505 e. The monoisotopic (exact) mass is 1330 g/mol. The number of anilines is 1. The Morgan fingerprint density at radius 2 is 0.869 bits per heavy atom. The lowest BCUT2D eigenvalue weighted by Crippen LogP contribution is -2.03. The highest BCUT2D eigenvalue weighted by atomic mass is 32.2. The van der Waals surface area contributed by atoms with Gasteiger partial charge in [0.2, 0.25) is 0 Å². The molecule has 0 aliphatic heterocycles. The van der Waals surface area contributed by atoms with Crippen LogP contribution in [0.3, 0.4) is 0 Å². The summed E-state index contributed by atoms with van der Waals surface area (Å²) in [6.45, 7) is 0. The van der Waals surface area contributed by atoms with E-state index in [1.165, 1.54) is 36.4 Å². The van der Waals surface area contributed by atoms with Crippen LogP contribution in [0.1, 0.15) is 0 Å². The van der Waals surface area contributed by atoms with Crippen molar-refractivity contribution in [3.05, 3.63) is 113 Å². The van der Waals surface area contributed by atoms with Gasteiger partial charge in [-0.25, -0.2) is 0 Å². The number of aromatic hydroxyl groups is 2. The molecule has 0 heterocycles. The van der Waals surface area contributed by atoms with Gasteiger partial charge in [0.15, 0.2) is 11.5 Å². The number of phenolic OH excluding ortho intramolecular Hbond substituents is 2. The van der Waals surface area contributed by atoms with Gasteiger partial charge < -0.3 is 15.9 Å². The second-order valence-corrected chi connectivity index (χ2v) is 23.1. The summed E-state index contributed by atoms with van der Waals surface area (Å²) in [6, 6.07) is 16.9. The average Bonchev–Trinajstić information content (AvgIpc) is 1.86. The standard InChI is InChI=1S/C38H26N10O19S5.3O3S/c39-34-29(17-30(69(56,57)58)24-10-12-27(37(50)33(24)34)44-43-26-11-8-21(48(51)52)15-31(26)70(59,60)61)46-45-28-13-9-23-25(38(28)72(65,66)67)16-32(71(62,63)64)35(36(23)49)47-41-19-6-4-18(5-7-19)40-42-20-2-1-3-22(14-20)68(53,54)55;3*1-4(2)3/h1-17,49-50H,39H2,(H,53,54,55)(H,56,57,58)(H,59,60,61)(H,62,63,64)(H,65,66,67);;;. The van der Waals surface area contributed by atoms with Crippen molar-refractivity contribution in [2.45, 2.75) is 24.5 Å². The SMILES string of the molecule is Nc1c(N=Nc2ccc3c(O)c(N=Nc4ccc(N=Nc5cccc(S(=O)(=O)O)c5)cc4)c(S(=O)(=O)O)cc3c2S(=O)(=O)O)cc(S(=O)(=O)O)c2ccc(N=Nc3ccc([N+](=O)[O-])cc3S(=O)(=O)O)c(O)c12.O=S(=O)=O.O=S(=O)=O.O=S(=O)=O. The molecule has 0 aliphatic carbocycles. The lowest BCUT2D eigenvalue weighted by molar-refractivity contribution is -0.385. The zero-order chi connectivity index (χ0) is 63.6. The normalized spacial score (nSPS) is 12.1. The summed E-state index contributed by atoms with van der Waals surface area (Å²) >= 11 is 0. The summed E-state index contributed by atoms with van der Waals surface area (Å²) in [5.74, 6) is -2.13. The van der Waals surface area contributed by atoms with Gasteiger partial charge in [0, 0.05) is 28.3 Å². The van der Waals surface area contributed by atoms with E-state index >= 15 is 0 Å².